The highest BCUT2D eigenvalue weighted by Crippen LogP contribution is 2.32. The lowest BCUT2D eigenvalue weighted by atomic mass is 9.79. The average molecular weight is 435 g/mol. The summed E-state index contributed by atoms with van der Waals surface area (Å²) in [5, 5.41) is 13.5. The van der Waals surface area contributed by atoms with Crippen molar-refractivity contribution in [1.82, 2.24) is 20.3 Å². The van der Waals surface area contributed by atoms with Crippen molar-refractivity contribution >= 4 is 16.8 Å². The molecule has 5 rings (SSSR count). The van der Waals surface area contributed by atoms with Crippen LogP contribution in [0.25, 0.3) is 22.2 Å². The minimum atomic E-state index is -0.762. The largest absolute Gasteiger partial charge is 0.375 e. The smallest absolute Gasteiger partial charge is 0.251 e. The van der Waals surface area contributed by atoms with Crippen molar-refractivity contribution in [3.8, 4) is 17.3 Å². The number of benzene rings is 1. The Kier molecular flexibility index (Phi) is 5.29. The van der Waals surface area contributed by atoms with Gasteiger partial charge in [-0.2, -0.15) is 5.26 Å². The first kappa shape index (κ1) is 20.7. The van der Waals surface area contributed by atoms with E-state index in [4.69, 9.17) is 9.72 Å². The van der Waals surface area contributed by atoms with Crippen LogP contribution in [0.5, 0.6) is 0 Å². The number of hydrogen-bond acceptors (Lipinski definition) is 6. The van der Waals surface area contributed by atoms with Crippen LogP contribution in [0.3, 0.4) is 0 Å². The first-order chi connectivity index (χ1) is 16.1. The van der Waals surface area contributed by atoms with Crippen LogP contribution in [0.4, 0.5) is 0 Å². The van der Waals surface area contributed by atoms with Gasteiger partial charge in [0.05, 0.1) is 42.7 Å². The molecule has 1 amide bonds. The van der Waals surface area contributed by atoms with Crippen molar-refractivity contribution < 1.29 is 9.53 Å². The van der Waals surface area contributed by atoms with Crippen molar-refractivity contribution in [2.45, 2.75) is 25.5 Å². The molecule has 1 atom stereocenters. The molecule has 0 unspecified atom stereocenters. The lowest BCUT2D eigenvalue weighted by molar-refractivity contribution is 0.0757. The Morgan fingerprint density at radius 3 is 2.94 bits per heavy atom. The van der Waals surface area contributed by atoms with E-state index in [2.05, 4.69) is 21.4 Å². The molecule has 4 aromatic rings. The van der Waals surface area contributed by atoms with E-state index in [9.17, 15) is 10.1 Å². The highest BCUT2D eigenvalue weighted by atomic mass is 16.5. The molecule has 0 spiro atoms. The number of amides is 1. The summed E-state index contributed by atoms with van der Waals surface area (Å²) in [6, 6.07) is 17.4. The molecule has 0 fully saturated rings. The predicted molar refractivity (Wildman–Crippen MR) is 123 cm³/mol. The topological polar surface area (TPSA) is 101 Å². The maximum absolute atomic E-state index is 12.8. The van der Waals surface area contributed by atoms with Crippen LogP contribution in [-0.2, 0) is 23.3 Å². The predicted octanol–water partition coefficient (Wildman–Crippen LogP) is 3.93. The lowest BCUT2D eigenvalue weighted by Gasteiger charge is -2.30. The fourth-order valence-corrected chi connectivity index (χ4v) is 4.00. The molecule has 0 aliphatic carbocycles. The van der Waals surface area contributed by atoms with Crippen molar-refractivity contribution in [3.63, 3.8) is 0 Å². The Morgan fingerprint density at radius 1 is 1.21 bits per heavy atom. The van der Waals surface area contributed by atoms with Gasteiger partial charge in [-0.15, -0.1) is 0 Å². The SMILES string of the molecule is C[C@@]1(C#N)COCc2ccc(C(=O)NCc3cc4nc(-c5cccnc5)ccc4cn3)cc21. The third kappa shape index (κ3) is 4.04. The minimum absolute atomic E-state index is 0.219. The molecule has 0 bridgehead atoms. The van der Waals surface area contributed by atoms with Crippen molar-refractivity contribution in [1.29, 1.82) is 5.26 Å². The van der Waals surface area contributed by atoms with Crippen LogP contribution < -0.4 is 5.32 Å². The molecular weight excluding hydrogens is 414 g/mol. The second-order valence-corrected chi connectivity index (χ2v) is 8.30. The zero-order valence-electron chi connectivity index (χ0n) is 18.1. The second-order valence-electron chi connectivity index (χ2n) is 8.30. The molecular formula is C26H21N5O2. The van der Waals surface area contributed by atoms with Gasteiger partial charge in [-0.3, -0.25) is 14.8 Å². The molecule has 4 heterocycles. The van der Waals surface area contributed by atoms with Crippen molar-refractivity contribution in [2.75, 3.05) is 6.61 Å². The summed E-state index contributed by atoms with van der Waals surface area (Å²) in [6.45, 7) is 2.86. The van der Waals surface area contributed by atoms with Crippen LogP contribution in [0.1, 0.15) is 34.1 Å². The van der Waals surface area contributed by atoms with Gasteiger partial charge in [0, 0.05) is 35.1 Å². The summed E-state index contributed by atoms with van der Waals surface area (Å²) in [6.07, 6.45) is 5.26. The highest BCUT2D eigenvalue weighted by molar-refractivity contribution is 5.94. The number of nitrogens with one attached hydrogen (secondary N) is 1. The van der Waals surface area contributed by atoms with Gasteiger partial charge < -0.3 is 10.1 Å². The molecule has 0 saturated heterocycles. The number of fused-ring (bicyclic) bond motifs is 2. The molecule has 7 nitrogen and oxygen atoms in total. The van der Waals surface area contributed by atoms with Crippen LogP contribution in [0.15, 0.2) is 67.1 Å². The van der Waals surface area contributed by atoms with Crippen molar-refractivity contribution in [3.05, 3.63) is 89.5 Å². The van der Waals surface area contributed by atoms with Crippen LogP contribution in [0.2, 0.25) is 0 Å². The Labute approximate surface area is 191 Å². The van der Waals surface area contributed by atoms with Gasteiger partial charge in [0.15, 0.2) is 0 Å². The van der Waals surface area contributed by atoms with Gasteiger partial charge in [0.25, 0.3) is 5.91 Å². The summed E-state index contributed by atoms with van der Waals surface area (Å²) in [5.74, 6) is -0.219. The highest BCUT2D eigenvalue weighted by Gasteiger charge is 2.33. The van der Waals surface area contributed by atoms with Crippen LogP contribution in [0, 0.1) is 11.3 Å². The Hall–Kier alpha value is -4.15. The summed E-state index contributed by atoms with van der Waals surface area (Å²) in [5.41, 5.74) is 4.81. The zero-order chi connectivity index (χ0) is 22.8. The van der Waals surface area contributed by atoms with Gasteiger partial charge in [0.1, 0.15) is 5.41 Å². The van der Waals surface area contributed by atoms with E-state index >= 15 is 0 Å². The number of carbonyl (C=O) groups is 1. The van der Waals surface area contributed by atoms with Crippen LogP contribution >= 0.6 is 0 Å². The molecule has 3 aromatic heterocycles. The Bertz CT molecular complexity index is 1400. The number of hydrogen-bond donors (Lipinski definition) is 1. The summed E-state index contributed by atoms with van der Waals surface area (Å²) in [7, 11) is 0. The number of nitrogens with zero attached hydrogens (tertiary/aromatic N) is 4. The van der Waals surface area contributed by atoms with E-state index in [1.165, 1.54) is 0 Å². The van der Waals surface area contributed by atoms with Gasteiger partial charge >= 0.3 is 0 Å². The molecule has 162 valence electrons. The molecule has 0 saturated carbocycles. The molecule has 1 aromatic carbocycles. The standard InChI is InChI=1S/C26H21N5O2/c1-26(15-27)16-33-14-20-5-4-17(9-22(20)26)25(32)30-13-21-10-24-19(12-29-21)6-7-23(31-24)18-3-2-8-28-11-18/h2-12H,13-14,16H2,1H3,(H,30,32)/t26-/m1/s1. The van der Waals surface area contributed by atoms with E-state index in [1.807, 2.05) is 43.3 Å². The third-order valence-electron chi connectivity index (χ3n) is 5.88. The van der Waals surface area contributed by atoms with Crippen molar-refractivity contribution in [2.24, 2.45) is 0 Å². The normalized spacial score (nSPS) is 17.2. The van der Waals surface area contributed by atoms with Gasteiger partial charge in [-0.05, 0) is 60.5 Å². The first-order valence-electron chi connectivity index (χ1n) is 10.6. The van der Waals surface area contributed by atoms with Gasteiger partial charge in [-0.25, -0.2) is 4.98 Å². The number of ether oxygens (including phenoxy) is 1. The summed E-state index contributed by atoms with van der Waals surface area (Å²) < 4.78 is 5.54. The van der Waals surface area contributed by atoms with Gasteiger partial charge in [0.2, 0.25) is 0 Å². The fraction of sp³-hybridized carbons (Fsp3) is 0.192. The number of aromatic nitrogens is 3. The summed E-state index contributed by atoms with van der Waals surface area (Å²) >= 11 is 0. The lowest BCUT2D eigenvalue weighted by Crippen LogP contribution is -2.33. The van der Waals surface area contributed by atoms with Crippen LogP contribution in [-0.4, -0.2) is 27.5 Å². The quantitative estimate of drug-likeness (QED) is 0.521. The molecule has 1 aliphatic heterocycles. The molecule has 33 heavy (non-hydrogen) atoms. The number of nitriles is 1. The molecule has 1 aliphatic rings. The average Bonchev–Trinajstić information content (AvgIpc) is 2.87. The molecule has 0 radical (unpaired) electrons. The van der Waals surface area contributed by atoms with E-state index in [1.54, 1.807) is 30.7 Å². The van der Waals surface area contributed by atoms with Gasteiger partial charge in [-0.1, -0.05) is 6.07 Å². The van der Waals surface area contributed by atoms with E-state index in [0.29, 0.717) is 24.5 Å². The number of rotatable bonds is 4. The van der Waals surface area contributed by atoms with E-state index in [-0.39, 0.29) is 12.5 Å². The van der Waals surface area contributed by atoms with E-state index < -0.39 is 5.41 Å². The minimum Gasteiger partial charge on any atom is -0.375 e. The zero-order valence-corrected chi connectivity index (χ0v) is 18.1. The van der Waals surface area contributed by atoms with E-state index in [0.717, 1.165) is 33.3 Å². The number of carbonyl (C=O) groups excluding carboxylic acids is 1. The molecule has 7 heteroatoms. The second kappa shape index (κ2) is 8.41. The number of pyridine rings is 3. The fourth-order valence-electron chi connectivity index (χ4n) is 4.00. The monoisotopic (exact) mass is 435 g/mol. The molecule has 1 N–H and O–H groups in total. The maximum Gasteiger partial charge on any atom is 0.251 e. The Balaban J connectivity index is 1.35. The first-order valence-corrected chi connectivity index (χ1v) is 10.6. The Morgan fingerprint density at radius 2 is 2.12 bits per heavy atom. The third-order valence-corrected chi connectivity index (χ3v) is 5.88. The maximum atomic E-state index is 12.8. The summed E-state index contributed by atoms with van der Waals surface area (Å²) in [4.78, 5) is 26.2.